The van der Waals surface area contributed by atoms with Crippen LogP contribution in [0.4, 0.5) is 0 Å². The maximum absolute atomic E-state index is 5.95. The standard InChI is InChI=1S/C16H21NO/c1-3-4-12-5-8-15-14(9-12)11(2)16(18-15)10-17-13-6-7-13/h5,8-9,13,17H,3-4,6-7,10H2,1-2H3. The molecule has 1 N–H and O–H groups in total. The van der Waals surface area contributed by atoms with Gasteiger partial charge in [-0.15, -0.1) is 0 Å². The molecule has 0 spiro atoms. The van der Waals surface area contributed by atoms with Gasteiger partial charge in [0, 0.05) is 11.4 Å². The molecule has 1 aromatic heterocycles. The summed E-state index contributed by atoms with van der Waals surface area (Å²) in [5, 5.41) is 4.81. The summed E-state index contributed by atoms with van der Waals surface area (Å²) in [5.41, 5.74) is 3.74. The molecule has 1 fully saturated rings. The van der Waals surface area contributed by atoms with Crippen molar-refractivity contribution in [1.29, 1.82) is 0 Å². The maximum Gasteiger partial charge on any atom is 0.134 e. The zero-order valence-corrected chi connectivity index (χ0v) is 11.3. The molecule has 0 atom stereocenters. The van der Waals surface area contributed by atoms with Gasteiger partial charge in [0.1, 0.15) is 11.3 Å². The highest BCUT2D eigenvalue weighted by atomic mass is 16.3. The van der Waals surface area contributed by atoms with Crippen LogP contribution in [0.3, 0.4) is 0 Å². The molecule has 2 aromatic rings. The summed E-state index contributed by atoms with van der Waals surface area (Å²) in [7, 11) is 0. The fraction of sp³-hybridized carbons (Fsp3) is 0.500. The molecule has 0 radical (unpaired) electrons. The highest BCUT2D eigenvalue weighted by molar-refractivity contribution is 5.82. The molecule has 3 rings (SSSR count). The minimum Gasteiger partial charge on any atom is -0.459 e. The number of aryl methyl sites for hydroxylation is 2. The quantitative estimate of drug-likeness (QED) is 0.860. The van der Waals surface area contributed by atoms with Crippen LogP contribution in [0.15, 0.2) is 22.6 Å². The number of hydrogen-bond donors (Lipinski definition) is 1. The van der Waals surface area contributed by atoms with Gasteiger partial charge < -0.3 is 9.73 Å². The topological polar surface area (TPSA) is 25.2 Å². The molecule has 2 nitrogen and oxygen atoms in total. The number of benzene rings is 1. The van der Waals surface area contributed by atoms with Crippen molar-refractivity contribution >= 4 is 11.0 Å². The minimum atomic E-state index is 0.730. The van der Waals surface area contributed by atoms with Crippen LogP contribution in [0, 0.1) is 6.92 Å². The fourth-order valence-corrected chi connectivity index (χ4v) is 2.46. The zero-order chi connectivity index (χ0) is 12.5. The van der Waals surface area contributed by atoms with Crippen molar-refractivity contribution in [2.24, 2.45) is 0 Å². The molecular formula is C16H21NO. The van der Waals surface area contributed by atoms with Crippen molar-refractivity contribution in [2.75, 3.05) is 0 Å². The van der Waals surface area contributed by atoms with Gasteiger partial charge in [0.05, 0.1) is 6.54 Å². The third-order valence-electron chi connectivity index (χ3n) is 3.77. The second-order valence-electron chi connectivity index (χ2n) is 5.39. The summed E-state index contributed by atoms with van der Waals surface area (Å²) >= 11 is 0. The van der Waals surface area contributed by atoms with Crippen molar-refractivity contribution in [2.45, 2.75) is 52.1 Å². The van der Waals surface area contributed by atoms with Crippen LogP contribution in [-0.4, -0.2) is 6.04 Å². The average molecular weight is 243 g/mol. The summed E-state index contributed by atoms with van der Waals surface area (Å²) in [6.07, 6.45) is 4.98. The maximum atomic E-state index is 5.95. The van der Waals surface area contributed by atoms with Crippen molar-refractivity contribution in [3.05, 3.63) is 35.1 Å². The van der Waals surface area contributed by atoms with E-state index in [1.807, 2.05) is 0 Å². The molecule has 96 valence electrons. The Balaban J connectivity index is 1.88. The normalized spacial score (nSPS) is 15.4. The van der Waals surface area contributed by atoms with Crippen molar-refractivity contribution in [3.63, 3.8) is 0 Å². The number of furan rings is 1. The van der Waals surface area contributed by atoms with E-state index in [0.717, 1.165) is 30.4 Å². The molecule has 1 aromatic carbocycles. The molecule has 0 unspecified atom stereocenters. The number of hydrogen-bond acceptors (Lipinski definition) is 2. The molecule has 1 saturated carbocycles. The van der Waals surface area contributed by atoms with Gasteiger partial charge in [-0.25, -0.2) is 0 Å². The van der Waals surface area contributed by atoms with Gasteiger partial charge in [0.25, 0.3) is 0 Å². The average Bonchev–Trinajstić information content (AvgIpc) is 3.14. The second-order valence-corrected chi connectivity index (χ2v) is 5.39. The Morgan fingerprint density at radius 1 is 1.33 bits per heavy atom. The molecule has 0 aliphatic heterocycles. The number of fused-ring (bicyclic) bond motifs is 1. The minimum absolute atomic E-state index is 0.730. The van der Waals surface area contributed by atoms with Gasteiger partial charge in [-0.1, -0.05) is 19.4 Å². The smallest absolute Gasteiger partial charge is 0.134 e. The Hall–Kier alpha value is -1.28. The second kappa shape index (κ2) is 4.77. The summed E-state index contributed by atoms with van der Waals surface area (Å²) in [6.45, 7) is 5.26. The Labute approximate surface area is 108 Å². The molecule has 2 heteroatoms. The lowest BCUT2D eigenvalue weighted by Gasteiger charge is -2.00. The van der Waals surface area contributed by atoms with Crippen LogP contribution in [-0.2, 0) is 13.0 Å². The van der Waals surface area contributed by atoms with Gasteiger partial charge >= 0.3 is 0 Å². The Morgan fingerprint density at radius 2 is 2.17 bits per heavy atom. The molecule has 0 amide bonds. The van der Waals surface area contributed by atoms with E-state index in [-0.39, 0.29) is 0 Å². The highest BCUT2D eigenvalue weighted by Crippen LogP contribution is 2.27. The molecule has 0 saturated heterocycles. The van der Waals surface area contributed by atoms with Crippen molar-refractivity contribution < 1.29 is 4.42 Å². The van der Waals surface area contributed by atoms with E-state index < -0.39 is 0 Å². The highest BCUT2D eigenvalue weighted by Gasteiger charge is 2.21. The first-order valence-electron chi connectivity index (χ1n) is 7.02. The van der Waals surface area contributed by atoms with Gasteiger partial charge in [0.2, 0.25) is 0 Å². The van der Waals surface area contributed by atoms with E-state index in [1.165, 1.54) is 35.8 Å². The first-order valence-corrected chi connectivity index (χ1v) is 7.02. The van der Waals surface area contributed by atoms with E-state index in [2.05, 4.69) is 37.4 Å². The van der Waals surface area contributed by atoms with Crippen LogP contribution in [0.1, 0.15) is 43.1 Å². The molecule has 1 heterocycles. The Kier molecular flexibility index (Phi) is 3.13. The summed E-state index contributed by atoms with van der Waals surface area (Å²) in [6, 6.07) is 7.33. The predicted molar refractivity (Wildman–Crippen MR) is 74.8 cm³/mol. The Morgan fingerprint density at radius 3 is 2.89 bits per heavy atom. The zero-order valence-electron chi connectivity index (χ0n) is 11.3. The van der Waals surface area contributed by atoms with Crippen LogP contribution in [0.25, 0.3) is 11.0 Å². The summed E-state index contributed by atoms with van der Waals surface area (Å²) in [5.74, 6) is 1.10. The lowest BCUT2D eigenvalue weighted by atomic mass is 10.1. The van der Waals surface area contributed by atoms with Crippen LogP contribution >= 0.6 is 0 Å². The van der Waals surface area contributed by atoms with Gasteiger partial charge in [-0.2, -0.15) is 0 Å². The summed E-state index contributed by atoms with van der Waals surface area (Å²) in [4.78, 5) is 0. The molecule has 0 bridgehead atoms. The van der Waals surface area contributed by atoms with E-state index >= 15 is 0 Å². The SMILES string of the molecule is CCCc1ccc2oc(CNC3CC3)c(C)c2c1. The number of nitrogens with one attached hydrogen (secondary N) is 1. The third-order valence-corrected chi connectivity index (χ3v) is 3.77. The van der Waals surface area contributed by atoms with E-state index in [9.17, 15) is 0 Å². The van der Waals surface area contributed by atoms with Gasteiger partial charge in [0.15, 0.2) is 0 Å². The molecular weight excluding hydrogens is 222 g/mol. The first-order chi connectivity index (χ1) is 8.78. The number of rotatable bonds is 5. The molecule has 18 heavy (non-hydrogen) atoms. The lowest BCUT2D eigenvalue weighted by molar-refractivity contribution is 0.509. The molecule has 1 aliphatic rings. The summed E-state index contributed by atoms with van der Waals surface area (Å²) < 4.78 is 5.95. The monoisotopic (exact) mass is 243 g/mol. The van der Waals surface area contributed by atoms with Gasteiger partial charge in [-0.05, 0) is 49.4 Å². The first kappa shape index (κ1) is 11.8. The largest absolute Gasteiger partial charge is 0.459 e. The van der Waals surface area contributed by atoms with Crippen LogP contribution in [0.5, 0.6) is 0 Å². The van der Waals surface area contributed by atoms with E-state index in [4.69, 9.17) is 4.42 Å². The van der Waals surface area contributed by atoms with Crippen LogP contribution < -0.4 is 5.32 Å². The van der Waals surface area contributed by atoms with Crippen molar-refractivity contribution in [3.8, 4) is 0 Å². The van der Waals surface area contributed by atoms with Gasteiger partial charge in [-0.3, -0.25) is 0 Å². The lowest BCUT2D eigenvalue weighted by Crippen LogP contribution is -2.15. The Bertz CT molecular complexity index is 551. The van der Waals surface area contributed by atoms with Crippen LogP contribution in [0.2, 0.25) is 0 Å². The molecule has 1 aliphatic carbocycles. The third kappa shape index (κ3) is 2.30. The van der Waals surface area contributed by atoms with E-state index in [1.54, 1.807) is 0 Å². The fourth-order valence-electron chi connectivity index (χ4n) is 2.46. The van der Waals surface area contributed by atoms with Crippen molar-refractivity contribution in [1.82, 2.24) is 5.32 Å². The predicted octanol–water partition coefficient (Wildman–Crippen LogP) is 3.95. The van der Waals surface area contributed by atoms with E-state index in [0.29, 0.717) is 0 Å².